The highest BCUT2D eigenvalue weighted by Crippen LogP contribution is 2.43. The molecule has 0 saturated heterocycles. The smallest absolute Gasteiger partial charge is 0.266 e. The fraction of sp³-hybridized carbons (Fsp3) is 0.200. The molecule has 1 heterocycles. The molecule has 108 valence electrons. The van der Waals surface area contributed by atoms with Crippen LogP contribution in [0.3, 0.4) is 0 Å². The summed E-state index contributed by atoms with van der Waals surface area (Å²) in [6.07, 6.45) is 0. The van der Waals surface area contributed by atoms with Crippen LogP contribution in [0.4, 0.5) is 0 Å². The molecule has 0 bridgehead atoms. The molecule has 0 atom stereocenters. The third-order valence-electron chi connectivity index (χ3n) is 3.02. The van der Waals surface area contributed by atoms with Crippen LogP contribution in [0.25, 0.3) is 11.3 Å². The van der Waals surface area contributed by atoms with E-state index in [9.17, 15) is 4.79 Å². The van der Waals surface area contributed by atoms with Gasteiger partial charge in [0, 0.05) is 5.56 Å². The lowest BCUT2D eigenvalue weighted by Gasteiger charge is -2.15. The summed E-state index contributed by atoms with van der Waals surface area (Å²) >= 11 is 0. The van der Waals surface area contributed by atoms with Crippen molar-refractivity contribution in [3.63, 3.8) is 0 Å². The second kappa shape index (κ2) is 6.01. The summed E-state index contributed by atoms with van der Waals surface area (Å²) in [6, 6.07) is 8.39. The van der Waals surface area contributed by atoms with Crippen LogP contribution in [0.1, 0.15) is 5.56 Å². The molecule has 1 aromatic carbocycles. The van der Waals surface area contributed by atoms with Crippen LogP contribution in [-0.2, 0) is 0 Å². The molecular formula is C15H14N2O4. The maximum atomic E-state index is 11.7. The van der Waals surface area contributed by atoms with Crippen molar-refractivity contribution in [2.24, 2.45) is 0 Å². The van der Waals surface area contributed by atoms with Crippen LogP contribution in [0.15, 0.2) is 29.1 Å². The second-order valence-electron chi connectivity index (χ2n) is 4.11. The van der Waals surface area contributed by atoms with Crippen molar-refractivity contribution in [2.45, 2.75) is 0 Å². The molecule has 0 fully saturated rings. The highest BCUT2D eigenvalue weighted by atomic mass is 16.5. The van der Waals surface area contributed by atoms with Gasteiger partial charge < -0.3 is 19.2 Å². The van der Waals surface area contributed by atoms with E-state index < -0.39 is 5.56 Å². The summed E-state index contributed by atoms with van der Waals surface area (Å²) in [5.41, 5.74) is 0.763. The van der Waals surface area contributed by atoms with E-state index in [-0.39, 0.29) is 5.56 Å². The molecule has 0 aliphatic rings. The van der Waals surface area contributed by atoms with Crippen molar-refractivity contribution < 1.29 is 14.2 Å². The number of aromatic nitrogens is 1. The average Bonchev–Trinajstić information content (AvgIpc) is 2.52. The maximum absolute atomic E-state index is 11.7. The zero-order valence-corrected chi connectivity index (χ0v) is 11.9. The van der Waals surface area contributed by atoms with Crippen molar-refractivity contribution in [1.82, 2.24) is 4.98 Å². The molecule has 0 radical (unpaired) electrons. The normalized spacial score (nSPS) is 9.81. The molecule has 1 N–H and O–H groups in total. The molecule has 0 aliphatic carbocycles. The Morgan fingerprint density at radius 3 is 2.24 bits per heavy atom. The van der Waals surface area contributed by atoms with Crippen molar-refractivity contribution in [1.29, 1.82) is 5.26 Å². The lowest BCUT2D eigenvalue weighted by Crippen LogP contribution is -2.10. The molecule has 6 heteroatoms. The number of nitrogens with zero attached hydrogens (tertiary/aromatic N) is 1. The van der Waals surface area contributed by atoms with Gasteiger partial charge in [0.05, 0.1) is 27.0 Å². The molecular weight excluding hydrogens is 272 g/mol. The molecule has 0 unspecified atom stereocenters. The first-order valence-electron chi connectivity index (χ1n) is 6.09. The molecule has 21 heavy (non-hydrogen) atoms. The Balaban J connectivity index is 2.67. The Bertz CT molecular complexity index is 759. The van der Waals surface area contributed by atoms with Gasteiger partial charge >= 0.3 is 0 Å². The fourth-order valence-corrected chi connectivity index (χ4v) is 2.03. The fourth-order valence-electron chi connectivity index (χ4n) is 2.03. The Morgan fingerprint density at radius 1 is 1.00 bits per heavy atom. The third-order valence-corrected chi connectivity index (χ3v) is 3.02. The summed E-state index contributed by atoms with van der Waals surface area (Å²) in [4.78, 5) is 14.4. The largest absolute Gasteiger partial charge is 0.493 e. The molecule has 0 saturated carbocycles. The summed E-state index contributed by atoms with van der Waals surface area (Å²) in [7, 11) is 4.54. The number of benzene rings is 1. The average molecular weight is 286 g/mol. The maximum Gasteiger partial charge on any atom is 0.266 e. The highest BCUT2D eigenvalue weighted by molar-refractivity contribution is 5.74. The van der Waals surface area contributed by atoms with Crippen molar-refractivity contribution in [3.8, 4) is 34.6 Å². The Hall–Kier alpha value is -2.94. The molecule has 6 nitrogen and oxygen atoms in total. The minimum Gasteiger partial charge on any atom is -0.493 e. The predicted molar refractivity (Wildman–Crippen MR) is 76.9 cm³/mol. The monoisotopic (exact) mass is 286 g/mol. The Kier molecular flexibility index (Phi) is 4.14. The zero-order valence-electron chi connectivity index (χ0n) is 11.9. The van der Waals surface area contributed by atoms with Crippen LogP contribution >= 0.6 is 0 Å². The second-order valence-corrected chi connectivity index (χ2v) is 4.11. The van der Waals surface area contributed by atoms with Gasteiger partial charge in [0.2, 0.25) is 5.75 Å². The number of methoxy groups -OCH3 is 3. The number of ether oxygens (including phenoxy) is 3. The quantitative estimate of drug-likeness (QED) is 0.928. The topological polar surface area (TPSA) is 84.3 Å². The lowest BCUT2D eigenvalue weighted by molar-refractivity contribution is 0.325. The molecule has 2 aromatic rings. The zero-order chi connectivity index (χ0) is 15.4. The standard InChI is InChI=1S/C15H14N2O4/c1-19-12-7-5-10(13(20-2)14(12)21-3)11-6-4-9(8-16)15(18)17-11/h4-7H,1-3H3,(H,17,18). The van der Waals surface area contributed by atoms with Crippen LogP contribution in [0.5, 0.6) is 17.2 Å². The van der Waals surface area contributed by atoms with Gasteiger partial charge in [-0.3, -0.25) is 4.79 Å². The van der Waals surface area contributed by atoms with Crippen LogP contribution in [0, 0.1) is 11.3 Å². The van der Waals surface area contributed by atoms with Gasteiger partial charge in [-0.2, -0.15) is 5.26 Å². The number of nitrogens with one attached hydrogen (secondary N) is 1. The first-order chi connectivity index (χ1) is 10.2. The van der Waals surface area contributed by atoms with E-state index in [1.165, 1.54) is 27.4 Å². The van der Waals surface area contributed by atoms with E-state index in [0.29, 0.717) is 28.5 Å². The summed E-state index contributed by atoms with van der Waals surface area (Å²) < 4.78 is 15.9. The third kappa shape index (κ3) is 2.54. The van der Waals surface area contributed by atoms with Gasteiger partial charge in [0.1, 0.15) is 11.6 Å². The van der Waals surface area contributed by atoms with Gasteiger partial charge in [-0.05, 0) is 24.3 Å². The van der Waals surface area contributed by atoms with Crippen LogP contribution in [-0.4, -0.2) is 26.3 Å². The first kappa shape index (κ1) is 14.5. The van der Waals surface area contributed by atoms with Gasteiger partial charge in [-0.1, -0.05) is 0 Å². The van der Waals surface area contributed by atoms with Crippen molar-refractivity contribution in [3.05, 3.63) is 40.2 Å². The van der Waals surface area contributed by atoms with E-state index in [1.54, 1.807) is 18.2 Å². The lowest BCUT2D eigenvalue weighted by atomic mass is 10.1. The number of hydrogen-bond donors (Lipinski definition) is 1. The van der Waals surface area contributed by atoms with Crippen molar-refractivity contribution >= 4 is 0 Å². The van der Waals surface area contributed by atoms with E-state index in [2.05, 4.69) is 4.98 Å². The minimum atomic E-state index is -0.452. The van der Waals surface area contributed by atoms with Gasteiger partial charge in [-0.15, -0.1) is 0 Å². The van der Waals surface area contributed by atoms with E-state index >= 15 is 0 Å². The number of nitriles is 1. The molecule has 2 rings (SSSR count). The predicted octanol–water partition coefficient (Wildman–Crippen LogP) is 1.94. The minimum absolute atomic E-state index is 0.0539. The van der Waals surface area contributed by atoms with Crippen LogP contribution < -0.4 is 19.8 Å². The van der Waals surface area contributed by atoms with Crippen LogP contribution in [0.2, 0.25) is 0 Å². The van der Waals surface area contributed by atoms with Gasteiger partial charge in [0.15, 0.2) is 11.5 Å². The number of hydrogen-bond acceptors (Lipinski definition) is 5. The molecule has 0 spiro atoms. The number of pyridine rings is 1. The Labute approximate surface area is 121 Å². The highest BCUT2D eigenvalue weighted by Gasteiger charge is 2.17. The Morgan fingerprint density at radius 2 is 1.71 bits per heavy atom. The first-order valence-corrected chi connectivity index (χ1v) is 6.09. The molecule has 0 aliphatic heterocycles. The van der Waals surface area contributed by atoms with Gasteiger partial charge in [0.25, 0.3) is 5.56 Å². The van der Waals surface area contributed by atoms with E-state index in [4.69, 9.17) is 19.5 Å². The SMILES string of the molecule is COc1ccc(-c2ccc(C#N)c(=O)[nH]2)c(OC)c1OC. The van der Waals surface area contributed by atoms with E-state index in [1.807, 2.05) is 6.07 Å². The summed E-state index contributed by atoms with van der Waals surface area (Å²) in [5.74, 6) is 1.40. The summed E-state index contributed by atoms with van der Waals surface area (Å²) in [5, 5.41) is 8.80. The molecule has 0 amide bonds. The van der Waals surface area contributed by atoms with Gasteiger partial charge in [-0.25, -0.2) is 0 Å². The van der Waals surface area contributed by atoms with Crippen molar-refractivity contribution in [2.75, 3.05) is 21.3 Å². The number of H-pyrrole nitrogens is 1. The number of aromatic amines is 1. The number of rotatable bonds is 4. The van der Waals surface area contributed by atoms with E-state index in [0.717, 1.165) is 0 Å². The summed E-state index contributed by atoms with van der Waals surface area (Å²) in [6.45, 7) is 0. The molecule has 1 aromatic heterocycles.